The van der Waals surface area contributed by atoms with E-state index in [0.29, 0.717) is 0 Å². The van der Waals surface area contributed by atoms with Crippen LogP contribution in [0.1, 0.15) is 34.6 Å². The fourth-order valence-corrected chi connectivity index (χ4v) is 1.71. The highest BCUT2D eigenvalue weighted by Gasteiger charge is 2.19. The molecule has 0 aromatic heterocycles. The lowest BCUT2D eigenvalue weighted by Crippen LogP contribution is -2.10. The van der Waals surface area contributed by atoms with Crippen molar-refractivity contribution >= 4 is 8.60 Å². The molecule has 82 valence electrons. The summed E-state index contributed by atoms with van der Waals surface area (Å²) in [5.74, 6) is 0. The minimum atomic E-state index is -1.41. The molecule has 5 heteroatoms. The Kier molecular flexibility index (Phi) is 7.04. The zero-order valence-corrected chi connectivity index (χ0v) is 10.2. The Hall–Kier alpha value is -0.200. The maximum absolute atomic E-state index is 8.58. The number of rotatable bonds is 6. The molecule has 0 heterocycles. The van der Waals surface area contributed by atoms with Gasteiger partial charge in [0.05, 0.1) is 18.3 Å². The van der Waals surface area contributed by atoms with E-state index in [1.54, 1.807) is 6.92 Å². The summed E-state index contributed by atoms with van der Waals surface area (Å²) in [6.45, 7) is 9.28. The molecule has 14 heavy (non-hydrogen) atoms. The largest absolute Gasteiger partial charge is 0.334 e. The standard InChI is InChI=1S/C9H18NO3P/c1-7(2)11-14(12-8(3)4)13-9(5)6-10/h7-9H,1-5H3. The number of nitrogens with zero attached hydrogens (tertiary/aromatic N) is 1. The van der Waals surface area contributed by atoms with E-state index in [-0.39, 0.29) is 12.2 Å². The molecular formula is C9H18NO3P. The first-order valence-corrected chi connectivity index (χ1v) is 5.75. The minimum Gasteiger partial charge on any atom is -0.309 e. The molecule has 0 rings (SSSR count). The Morgan fingerprint density at radius 2 is 1.36 bits per heavy atom. The van der Waals surface area contributed by atoms with Crippen LogP contribution in [0.15, 0.2) is 0 Å². The van der Waals surface area contributed by atoms with Gasteiger partial charge in [0.15, 0.2) is 0 Å². The Morgan fingerprint density at radius 1 is 0.929 bits per heavy atom. The highest BCUT2D eigenvalue weighted by atomic mass is 31.2. The van der Waals surface area contributed by atoms with Gasteiger partial charge in [-0.3, -0.25) is 4.52 Å². The molecule has 0 aliphatic rings. The highest BCUT2D eigenvalue weighted by molar-refractivity contribution is 7.41. The second kappa shape index (κ2) is 7.14. The number of hydrogen-bond donors (Lipinski definition) is 0. The predicted octanol–water partition coefficient (Wildman–Crippen LogP) is 2.99. The van der Waals surface area contributed by atoms with Crippen molar-refractivity contribution in [3.63, 3.8) is 0 Å². The monoisotopic (exact) mass is 219 g/mol. The van der Waals surface area contributed by atoms with Gasteiger partial charge in [-0.2, -0.15) is 5.26 Å². The zero-order chi connectivity index (χ0) is 11.1. The Labute approximate surface area is 87.2 Å². The SMILES string of the molecule is CC(C)OP(OC(C)C)OC(C)C#N. The van der Waals surface area contributed by atoms with E-state index < -0.39 is 14.7 Å². The van der Waals surface area contributed by atoms with Gasteiger partial charge in [-0.1, -0.05) is 0 Å². The zero-order valence-electron chi connectivity index (χ0n) is 9.35. The fraction of sp³-hybridized carbons (Fsp3) is 0.889. The van der Waals surface area contributed by atoms with Crippen LogP contribution in [0, 0.1) is 11.3 Å². The number of nitriles is 1. The molecule has 0 saturated heterocycles. The van der Waals surface area contributed by atoms with E-state index in [2.05, 4.69) is 0 Å². The van der Waals surface area contributed by atoms with Crippen LogP contribution < -0.4 is 0 Å². The Bertz CT molecular complexity index is 181. The molecule has 0 aliphatic carbocycles. The molecule has 1 unspecified atom stereocenters. The van der Waals surface area contributed by atoms with Gasteiger partial charge < -0.3 is 9.05 Å². The van der Waals surface area contributed by atoms with Crippen LogP contribution in [0.2, 0.25) is 0 Å². The summed E-state index contributed by atoms with van der Waals surface area (Å²) in [7, 11) is -1.41. The quantitative estimate of drug-likeness (QED) is 0.644. The summed E-state index contributed by atoms with van der Waals surface area (Å²) in [6.07, 6.45) is -0.435. The van der Waals surface area contributed by atoms with Gasteiger partial charge in [0, 0.05) is 0 Å². The molecule has 0 saturated carbocycles. The van der Waals surface area contributed by atoms with E-state index >= 15 is 0 Å². The van der Waals surface area contributed by atoms with Crippen LogP contribution in [-0.2, 0) is 13.6 Å². The molecule has 1 atom stereocenters. The molecule has 0 fully saturated rings. The molecule has 0 bridgehead atoms. The number of hydrogen-bond acceptors (Lipinski definition) is 4. The van der Waals surface area contributed by atoms with E-state index in [9.17, 15) is 0 Å². The van der Waals surface area contributed by atoms with E-state index in [4.69, 9.17) is 18.8 Å². The summed E-state index contributed by atoms with van der Waals surface area (Å²) in [6, 6.07) is 1.98. The van der Waals surface area contributed by atoms with Crippen LogP contribution >= 0.6 is 8.60 Å². The molecule has 0 amide bonds. The summed E-state index contributed by atoms with van der Waals surface area (Å²) >= 11 is 0. The smallest absolute Gasteiger partial charge is 0.309 e. The average Bonchev–Trinajstić information content (AvgIpc) is 2.01. The first-order valence-electron chi connectivity index (χ1n) is 4.65. The third-order valence-electron chi connectivity index (χ3n) is 1.02. The molecule has 0 aromatic rings. The first-order chi connectivity index (χ1) is 6.45. The van der Waals surface area contributed by atoms with Crippen LogP contribution in [0.25, 0.3) is 0 Å². The maximum Gasteiger partial charge on any atom is 0.334 e. The second-order valence-corrected chi connectivity index (χ2v) is 4.49. The minimum absolute atomic E-state index is 0.0331. The molecular weight excluding hydrogens is 201 g/mol. The normalized spacial score (nSPS) is 13.6. The van der Waals surface area contributed by atoms with E-state index in [1.807, 2.05) is 33.8 Å². The van der Waals surface area contributed by atoms with E-state index in [0.717, 1.165) is 0 Å². The van der Waals surface area contributed by atoms with Crippen LogP contribution in [0.3, 0.4) is 0 Å². The topological polar surface area (TPSA) is 51.5 Å². The highest BCUT2D eigenvalue weighted by Crippen LogP contribution is 2.43. The van der Waals surface area contributed by atoms with Gasteiger partial charge >= 0.3 is 8.60 Å². The van der Waals surface area contributed by atoms with Gasteiger partial charge in [0.2, 0.25) is 0 Å². The summed E-state index contributed by atoms with van der Waals surface area (Å²) in [5.41, 5.74) is 0. The lowest BCUT2D eigenvalue weighted by Gasteiger charge is -2.21. The van der Waals surface area contributed by atoms with Crippen molar-refractivity contribution in [1.29, 1.82) is 5.26 Å². The van der Waals surface area contributed by atoms with Crippen LogP contribution in [0.5, 0.6) is 0 Å². The maximum atomic E-state index is 8.58. The van der Waals surface area contributed by atoms with Gasteiger partial charge in [0.1, 0.15) is 6.10 Å². The molecule has 0 aromatic carbocycles. The third-order valence-corrected chi connectivity index (χ3v) is 2.70. The average molecular weight is 219 g/mol. The lowest BCUT2D eigenvalue weighted by molar-refractivity contribution is 0.103. The predicted molar refractivity (Wildman–Crippen MR) is 55.5 cm³/mol. The van der Waals surface area contributed by atoms with Crippen molar-refractivity contribution in [1.82, 2.24) is 0 Å². The lowest BCUT2D eigenvalue weighted by atomic mass is 10.5. The summed E-state index contributed by atoms with van der Waals surface area (Å²) in [4.78, 5) is 0. The molecule has 4 nitrogen and oxygen atoms in total. The van der Waals surface area contributed by atoms with Crippen molar-refractivity contribution in [2.45, 2.75) is 52.9 Å². The molecule has 0 radical (unpaired) electrons. The first kappa shape index (κ1) is 13.8. The third kappa shape index (κ3) is 7.23. The fourth-order valence-electron chi connectivity index (χ4n) is 0.571. The van der Waals surface area contributed by atoms with Crippen molar-refractivity contribution in [3.8, 4) is 6.07 Å². The molecule has 0 aliphatic heterocycles. The molecule has 0 N–H and O–H groups in total. The molecule has 0 spiro atoms. The second-order valence-electron chi connectivity index (χ2n) is 3.41. The van der Waals surface area contributed by atoms with Crippen molar-refractivity contribution in [2.24, 2.45) is 0 Å². The van der Waals surface area contributed by atoms with Gasteiger partial charge in [0.25, 0.3) is 0 Å². The van der Waals surface area contributed by atoms with Crippen LogP contribution in [-0.4, -0.2) is 18.3 Å². The summed E-state index contributed by atoms with van der Waals surface area (Å²) in [5, 5.41) is 8.58. The summed E-state index contributed by atoms with van der Waals surface area (Å²) < 4.78 is 16.1. The van der Waals surface area contributed by atoms with Crippen molar-refractivity contribution < 1.29 is 13.6 Å². The Morgan fingerprint density at radius 3 is 1.64 bits per heavy atom. The van der Waals surface area contributed by atoms with Crippen LogP contribution in [0.4, 0.5) is 0 Å². The van der Waals surface area contributed by atoms with Crippen molar-refractivity contribution in [3.05, 3.63) is 0 Å². The van der Waals surface area contributed by atoms with Crippen molar-refractivity contribution in [2.75, 3.05) is 0 Å². The van der Waals surface area contributed by atoms with Gasteiger partial charge in [-0.15, -0.1) is 0 Å². The van der Waals surface area contributed by atoms with Gasteiger partial charge in [-0.05, 0) is 34.6 Å². The van der Waals surface area contributed by atoms with Gasteiger partial charge in [-0.25, -0.2) is 0 Å². The van der Waals surface area contributed by atoms with E-state index in [1.165, 1.54) is 0 Å². The Balaban J connectivity index is 4.04.